The molecule has 2 N–H and O–H groups in total. The minimum Gasteiger partial charge on any atom is -0.321 e. The van der Waals surface area contributed by atoms with Crippen LogP contribution in [0.25, 0.3) is 90.7 Å². The largest absolute Gasteiger partial charge is 0.321 e. The fourth-order valence-electron chi connectivity index (χ4n) is 6.74. The van der Waals surface area contributed by atoms with Crippen LogP contribution in [0.4, 0.5) is 0 Å². The van der Waals surface area contributed by atoms with Crippen LogP contribution in [0.1, 0.15) is 125 Å². The zero-order valence-corrected chi connectivity index (χ0v) is 47.8. The molecule has 0 spiro atoms. The average molecular weight is 1060 g/mol. The molecule has 16 nitrogen and oxygen atoms in total. The van der Waals surface area contributed by atoms with Gasteiger partial charge in [0.2, 0.25) is 0 Å². The second-order valence-electron chi connectivity index (χ2n) is 22.5. The number of nitrogens with one attached hydrogen (secondary N) is 2. The highest BCUT2D eigenvalue weighted by atomic mass is 32.2. The van der Waals surface area contributed by atoms with Gasteiger partial charge in [-0.2, -0.15) is 8.75 Å². The zero-order valence-electron chi connectivity index (χ0n) is 42.1. The Labute approximate surface area is 431 Å². The minimum atomic E-state index is -0.179. The van der Waals surface area contributed by atoms with Gasteiger partial charge in [0.25, 0.3) is 0 Å². The first-order chi connectivity index (χ1) is 31.8. The van der Waals surface area contributed by atoms with E-state index in [1.165, 1.54) is 0 Å². The second kappa shape index (κ2) is 17.5. The summed E-state index contributed by atoms with van der Waals surface area (Å²) in [4.78, 5) is 70.1. The van der Waals surface area contributed by atoms with Crippen LogP contribution in [0.2, 0.25) is 0 Å². The fourth-order valence-corrected chi connectivity index (χ4v) is 13.1. The Balaban J connectivity index is 1.45. The molecule has 0 radical (unpaired) electrons. The predicted octanol–water partition coefficient (Wildman–Crippen LogP) is 13.4. The van der Waals surface area contributed by atoms with Crippen LogP contribution >= 0.6 is 82.3 Å². The predicted molar refractivity (Wildman–Crippen MR) is 290 cm³/mol. The normalized spacial score (nSPS) is 13.7. The van der Waals surface area contributed by atoms with E-state index in [1.54, 1.807) is 70.6 Å². The van der Waals surface area contributed by atoms with Gasteiger partial charge < -0.3 is 9.97 Å². The second-order valence-corrected chi connectivity index (χ2v) is 33.9. The van der Waals surface area contributed by atoms with Crippen LogP contribution in [0.3, 0.4) is 0 Å². The van der Waals surface area contributed by atoms with Crippen molar-refractivity contribution in [2.45, 2.75) is 183 Å². The summed E-state index contributed by atoms with van der Waals surface area (Å²) in [5.41, 5.74) is 5.62. The van der Waals surface area contributed by atoms with Crippen molar-refractivity contribution in [3.8, 4) is 46.1 Å². The molecule has 0 fully saturated rings. The van der Waals surface area contributed by atoms with Crippen LogP contribution in [0.15, 0.2) is 30.2 Å². The van der Waals surface area contributed by atoms with Gasteiger partial charge in [-0.25, -0.2) is 59.8 Å². The molecule has 23 heteroatoms. The number of aromatic amines is 2. The molecule has 0 saturated heterocycles. The van der Waals surface area contributed by atoms with E-state index in [0.29, 0.717) is 90.7 Å². The van der Waals surface area contributed by atoms with Crippen molar-refractivity contribution in [2.24, 2.45) is 0 Å². The summed E-state index contributed by atoms with van der Waals surface area (Å²) in [7, 11) is 0. The Morgan fingerprint density at radius 3 is 0.725 bits per heavy atom. The van der Waals surface area contributed by atoms with E-state index in [9.17, 15) is 0 Å². The molecule has 0 aliphatic carbocycles. The summed E-state index contributed by atoms with van der Waals surface area (Å²) in [6.45, 7) is 39.0. The molecule has 0 atom stereocenters. The fraction of sp³-hybridized carbons (Fsp3) is 0.522. The van der Waals surface area contributed by atoms with Gasteiger partial charge in [-0.15, -0.1) is 0 Å². The van der Waals surface area contributed by atoms with E-state index in [4.69, 9.17) is 59.8 Å². The number of aromatic nitrogens is 16. The summed E-state index contributed by atoms with van der Waals surface area (Å²) in [6.07, 6.45) is 0. The summed E-state index contributed by atoms with van der Waals surface area (Å²) in [6, 6.07) is 0. The minimum absolute atomic E-state index is 0.169. The number of hydrogen-bond acceptors (Lipinski definition) is 21. The van der Waals surface area contributed by atoms with Gasteiger partial charge in [-0.05, 0) is 0 Å². The Hall–Kier alpha value is -3.74. The highest BCUT2D eigenvalue weighted by Gasteiger charge is 2.33. The molecule has 2 aliphatic heterocycles. The monoisotopic (exact) mass is 1060 g/mol. The van der Waals surface area contributed by atoms with Crippen molar-refractivity contribution in [3.63, 3.8) is 0 Å². The molecule has 0 amide bonds. The Bertz CT molecular complexity index is 3160. The molecule has 0 saturated carbocycles. The molecule has 8 bridgehead atoms. The van der Waals surface area contributed by atoms with Crippen LogP contribution in [-0.4, -0.2) is 107 Å². The molecule has 7 aromatic heterocycles. The molecule has 0 unspecified atom stereocenters. The van der Waals surface area contributed by atoms with Crippen molar-refractivity contribution in [3.05, 3.63) is 0 Å². The molecule has 2 aliphatic rings. The van der Waals surface area contributed by atoms with Gasteiger partial charge in [0, 0.05) is 28.5 Å². The third-order valence-corrected chi connectivity index (χ3v) is 16.4. The topological polar surface area (TPSA) is 212 Å². The molecular weight excluding hydrogens is 1000 g/mol. The number of hydrogen-bond donors (Lipinski definition) is 2. The van der Waals surface area contributed by atoms with Gasteiger partial charge >= 0.3 is 0 Å². The van der Waals surface area contributed by atoms with E-state index >= 15 is 0 Å². The maximum absolute atomic E-state index is 5.39. The summed E-state index contributed by atoms with van der Waals surface area (Å²) < 4.78 is 8.31. The average Bonchev–Trinajstić information content (AvgIpc) is 3.97. The summed E-state index contributed by atoms with van der Waals surface area (Å²) in [5.74, 6) is 1.24. The zero-order chi connectivity index (χ0) is 50.0. The quantitative estimate of drug-likeness (QED) is 0.148. The van der Waals surface area contributed by atoms with Crippen molar-refractivity contribution in [1.29, 1.82) is 0 Å². The molecular formula is C46H56N16S7. The highest BCUT2D eigenvalue weighted by molar-refractivity contribution is 8.04. The van der Waals surface area contributed by atoms with E-state index in [1.807, 2.05) is 0 Å². The lowest BCUT2D eigenvalue weighted by molar-refractivity contribution is 0.778. The summed E-state index contributed by atoms with van der Waals surface area (Å²) >= 11 is 11.0. The third-order valence-electron chi connectivity index (χ3n) is 8.92. The molecule has 0 aromatic carbocycles. The number of thioether (sulfide) groups is 6. The van der Waals surface area contributed by atoms with E-state index in [2.05, 4.69) is 143 Å². The molecule has 69 heavy (non-hydrogen) atoms. The smallest absolute Gasteiger partial charge is 0.184 e. The Morgan fingerprint density at radius 2 is 0.493 bits per heavy atom. The maximum Gasteiger partial charge on any atom is 0.184 e. The Morgan fingerprint density at radius 1 is 0.275 bits per heavy atom. The maximum atomic E-state index is 5.39. The molecule has 9 rings (SSSR count). The van der Waals surface area contributed by atoms with E-state index in [-0.39, 0.29) is 28.5 Å². The lowest BCUT2D eigenvalue weighted by Gasteiger charge is -2.22. The van der Waals surface area contributed by atoms with Crippen LogP contribution in [-0.2, 0) is 0 Å². The highest BCUT2D eigenvalue weighted by Crippen LogP contribution is 2.47. The van der Waals surface area contributed by atoms with Crippen molar-refractivity contribution in [2.75, 3.05) is 0 Å². The van der Waals surface area contributed by atoms with Gasteiger partial charge in [-0.3, -0.25) is 0 Å². The van der Waals surface area contributed by atoms with Gasteiger partial charge in [0.05, 0.1) is 11.7 Å². The van der Waals surface area contributed by atoms with Crippen molar-refractivity contribution >= 4 is 127 Å². The third kappa shape index (κ3) is 11.3. The van der Waals surface area contributed by atoms with E-state index in [0.717, 1.165) is 41.9 Å². The number of rotatable bonds is 6. The molecule has 362 valence electrons. The van der Waals surface area contributed by atoms with Gasteiger partial charge in [0.1, 0.15) is 64.0 Å². The van der Waals surface area contributed by atoms with Crippen LogP contribution in [0.5, 0.6) is 0 Å². The van der Waals surface area contributed by atoms with Crippen molar-refractivity contribution < 1.29 is 0 Å². The standard InChI is InChI=1S/C46H56N16S7/c1-41(2,3)63-35-36(64-42(4,5)6)48-20-19(47-35)27-53-28(20)55-30-22-24(52-40(68-46(16,17)18)38(50-22)66-44(10,11)12)32(57-30)59-34-26-25(61-69-62-26)33(60-34)58-31-23-21(29(54-27)56-31)49-37(65-43(7,8)9)39(51-23)67-45(13,14)15/h1-18H3,(H2,53,54,55,56,57,58,59,60). The van der Waals surface area contributed by atoms with E-state index < -0.39 is 0 Å². The van der Waals surface area contributed by atoms with Crippen LogP contribution in [0, 0.1) is 0 Å². The first kappa shape index (κ1) is 50.2. The number of H-pyrrole nitrogens is 2. The first-order valence-corrected chi connectivity index (χ1v) is 28.0. The lowest BCUT2D eigenvalue weighted by atomic mass is 10.3. The lowest BCUT2D eigenvalue weighted by Crippen LogP contribution is -2.12. The summed E-state index contributed by atoms with van der Waals surface area (Å²) in [5, 5.41) is 4.69. The van der Waals surface area contributed by atoms with Crippen molar-refractivity contribution in [1.82, 2.24) is 78.5 Å². The molecule has 9 heterocycles. The Kier molecular flexibility index (Phi) is 12.7. The van der Waals surface area contributed by atoms with Crippen LogP contribution < -0.4 is 0 Å². The SMILES string of the molecule is CC(C)(C)Sc1nc2c(nc1SC(C)(C)C)-c1nc-2nc2[nH]c(nc3nc(nc4[nH]c(n1)c1nc(SC(C)(C)C)c(SC(C)(C)C)nc41)-c1nc(SC(C)(C)C)c(SC(C)(C)C)nc1-3)c1nsnc21. The van der Waals surface area contributed by atoms with Gasteiger partial charge in [-0.1, -0.05) is 195 Å². The number of fused-ring (bicyclic) bond motifs is 20. The number of nitrogens with zero attached hydrogens (tertiary/aromatic N) is 14. The first-order valence-electron chi connectivity index (χ1n) is 22.4. The van der Waals surface area contributed by atoms with Gasteiger partial charge in [0.15, 0.2) is 56.9 Å². The molecule has 7 aromatic rings.